The van der Waals surface area contributed by atoms with Crippen molar-refractivity contribution in [3.8, 4) is 5.75 Å². The van der Waals surface area contributed by atoms with Crippen LogP contribution < -0.4 is 53.4 Å². The van der Waals surface area contributed by atoms with Gasteiger partial charge in [0.15, 0.2) is 30.7 Å². The first-order valence-electron chi connectivity index (χ1n) is 31.6. The highest BCUT2D eigenvalue weighted by Crippen LogP contribution is 2.36. The molecule has 9 rings (SSSR count). The van der Waals surface area contributed by atoms with Crippen LogP contribution in [0.5, 0.6) is 5.75 Å². The number of aliphatic imine (C=N–C) groups is 2. The van der Waals surface area contributed by atoms with Crippen LogP contribution in [0.25, 0.3) is 0 Å². The first kappa shape index (κ1) is 74.1. The van der Waals surface area contributed by atoms with E-state index in [2.05, 4.69) is 47.2 Å². The Kier molecular flexibility index (Phi) is 24.3. The predicted octanol–water partition coefficient (Wildman–Crippen LogP) is -10.8. The minimum absolute atomic E-state index is 0.0391. The largest absolute Gasteiger partial charge is 0.462 e. The van der Waals surface area contributed by atoms with E-state index >= 15 is 9.59 Å². The molecule has 0 aliphatic carbocycles. The Hall–Kier alpha value is -7.12. The van der Waals surface area contributed by atoms with Gasteiger partial charge in [0.1, 0.15) is 121 Å². The zero-order valence-corrected chi connectivity index (χ0v) is 53.2. The molecule has 23 N–H and O–H groups in total. The number of nitrogens with one attached hydrogen (secondary N) is 7. The van der Waals surface area contributed by atoms with E-state index in [4.69, 9.17) is 44.6 Å². The second-order valence-corrected chi connectivity index (χ2v) is 26.0. The number of ether oxygens (including phenoxy) is 7. The number of aliphatic hydroxyl groups excluding tert-OH is 12. The maximum Gasteiger partial charge on any atom is 0.246 e. The smallest absolute Gasteiger partial charge is 0.246 e. The van der Waals surface area contributed by atoms with Crippen LogP contribution >= 0.6 is 0 Å². The molecule has 7 heterocycles. The van der Waals surface area contributed by atoms with E-state index in [1.807, 2.05) is 20.8 Å². The molecule has 5 saturated heterocycles. The summed E-state index contributed by atoms with van der Waals surface area (Å²) < 4.78 is 41.2. The van der Waals surface area contributed by atoms with Crippen molar-refractivity contribution in [2.75, 3.05) is 46.1 Å². The topological polar surface area (TPSA) is 574 Å². The third kappa shape index (κ3) is 17.1. The normalized spacial score (nSPS) is 37.6. The van der Waals surface area contributed by atoms with Crippen molar-refractivity contribution in [2.45, 2.75) is 199 Å². The second-order valence-electron chi connectivity index (χ2n) is 26.0. The summed E-state index contributed by atoms with van der Waals surface area (Å²) in [7, 11) is 0. The highest BCUT2D eigenvalue weighted by atomic mass is 16.8. The number of nitrogens with two attached hydrogens (primary N) is 2. The number of carbonyl (C=O) groups is 6. The van der Waals surface area contributed by atoms with Crippen LogP contribution in [0.3, 0.4) is 0 Å². The molecule has 2 aromatic rings. The van der Waals surface area contributed by atoms with Gasteiger partial charge < -0.3 is 148 Å². The Bertz CT molecular complexity index is 3120. The Morgan fingerprint density at radius 3 is 1.92 bits per heavy atom. The molecule has 0 saturated carbocycles. The van der Waals surface area contributed by atoms with Crippen LogP contribution in [0, 0.1) is 5.41 Å². The quantitative estimate of drug-likeness (QED) is 0.0699. The van der Waals surface area contributed by atoms with Gasteiger partial charge in [-0.1, -0.05) is 70.2 Å². The molecule has 97 heavy (non-hydrogen) atoms. The van der Waals surface area contributed by atoms with E-state index in [0.29, 0.717) is 12.0 Å². The summed E-state index contributed by atoms with van der Waals surface area (Å²) in [5.41, 5.74) is 12.7. The Balaban J connectivity index is 0.987. The molecule has 37 nitrogen and oxygen atoms in total. The van der Waals surface area contributed by atoms with Crippen molar-refractivity contribution < 1.29 is 123 Å². The molecule has 2 aromatic carbocycles. The van der Waals surface area contributed by atoms with Gasteiger partial charge in [0, 0.05) is 18.8 Å². The Labute approximate surface area is 554 Å². The van der Waals surface area contributed by atoms with E-state index < -0.39 is 239 Å². The molecule has 6 amide bonds. The van der Waals surface area contributed by atoms with E-state index in [1.165, 1.54) is 24.3 Å². The fourth-order valence-corrected chi connectivity index (χ4v) is 12.4. The number of benzene rings is 2. The summed E-state index contributed by atoms with van der Waals surface area (Å²) >= 11 is 0. The van der Waals surface area contributed by atoms with E-state index in [0.717, 1.165) is 4.90 Å². The SMILES string of the molecule is CC(c1ccccc1)C1NC(=O)CNC(=O)C(CO)NC(=O)C(C(O)C2CN=C(N)N2C2OC(CO)C(O)C(O)C2O)NC(=O)C(C(O)C2CN=C(N)N2)NC(=O)C(Cc2ccc(OC3OC(CO)C(OC4OC5COC(CC(C)(C)C)OC5C(O)C4O)C(O)C3O)cc2)NC1=O. The van der Waals surface area contributed by atoms with Gasteiger partial charge in [0.05, 0.1) is 58.1 Å². The lowest BCUT2D eigenvalue weighted by Gasteiger charge is -2.49. The maximum absolute atomic E-state index is 15.2. The number of carbonyl (C=O) groups excluding carboxylic acids is 6. The molecule has 26 unspecified atom stereocenters. The average molecular weight is 1380 g/mol. The lowest BCUT2D eigenvalue weighted by Crippen LogP contribution is -2.70. The summed E-state index contributed by atoms with van der Waals surface area (Å²) in [6, 6.07) is 1.06. The number of hydrogen-bond acceptors (Lipinski definition) is 31. The van der Waals surface area contributed by atoms with Crippen molar-refractivity contribution in [3.63, 3.8) is 0 Å². The molecule has 7 aliphatic heterocycles. The van der Waals surface area contributed by atoms with Gasteiger partial charge >= 0.3 is 0 Å². The molecule has 5 fully saturated rings. The van der Waals surface area contributed by atoms with Crippen molar-refractivity contribution in [2.24, 2.45) is 26.9 Å². The fourth-order valence-electron chi connectivity index (χ4n) is 12.4. The lowest BCUT2D eigenvalue weighted by atomic mass is 9.91. The van der Waals surface area contributed by atoms with Gasteiger partial charge in [-0.25, -0.2) is 0 Å². The van der Waals surface area contributed by atoms with Gasteiger partial charge in [0.25, 0.3) is 0 Å². The molecule has 7 aliphatic rings. The monoisotopic (exact) mass is 1380 g/mol. The standard InChI is InChI=1S/C60H88N12O25/c1-23(25-8-6-5-7-9-25)36-52(88)66-27(14-24-10-12-26(13-11-24)92-56-46(84)43(81)48(32(21-75)94-56)97-57-47(85)44(82)49-33(95-57)22-91-35(96-49)15-60(2,3)4)51(87)70-37(39(77)28-16-64-58(61)68-28)54(90)71-38(53(89)67-29(19-73)50(86)63-18-34(76)69-36)40(78)30-17-65-59(62)72(30)55-45(83)42(80)41(79)31(20-74)93-55/h5-13,23,27-33,35-49,55-57,73-75,77-85H,14-22H2,1-4H3,(H2,62,65)(H,63,86)(H,66,88)(H,67,89)(H,69,76)(H,70,87)(H,71,90)(H3,61,64,68). The highest BCUT2D eigenvalue weighted by Gasteiger charge is 2.55. The zero-order valence-electron chi connectivity index (χ0n) is 53.2. The van der Waals surface area contributed by atoms with Gasteiger partial charge in [-0.3, -0.25) is 38.8 Å². The van der Waals surface area contributed by atoms with Gasteiger partial charge in [-0.15, -0.1) is 0 Å². The molecular weight excluding hydrogens is 1290 g/mol. The summed E-state index contributed by atoms with van der Waals surface area (Å²) in [6.45, 7) is 2.83. The van der Waals surface area contributed by atoms with Crippen molar-refractivity contribution in [3.05, 3.63) is 65.7 Å². The number of aliphatic hydroxyl groups is 12. The molecule has 0 spiro atoms. The van der Waals surface area contributed by atoms with Crippen LogP contribution in [0.2, 0.25) is 0 Å². The number of hydrogen-bond donors (Lipinski definition) is 21. The first-order chi connectivity index (χ1) is 46.0. The average Bonchev–Trinajstić information content (AvgIpc) is 1.76. The molecule has 0 radical (unpaired) electrons. The zero-order chi connectivity index (χ0) is 70.5. The number of amides is 6. The van der Waals surface area contributed by atoms with E-state index in [9.17, 15) is 80.5 Å². The summed E-state index contributed by atoms with van der Waals surface area (Å²) in [6.07, 6.45) is -29.7. The van der Waals surface area contributed by atoms with Crippen molar-refractivity contribution >= 4 is 47.4 Å². The van der Waals surface area contributed by atoms with Gasteiger partial charge in [-0.2, -0.15) is 0 Å². The molecule has 538 valence electrons. The van der Waals surface area contributed by atoms with Crippen LogP contribution in [-0.2, 0) is 63.6 Å². The van der Waals surface area contributed by atoms with Crippen LogP contribution in [-0.4, -0.2) is 312 Å². The van der Waals surface area contributed by atoms with E-state index in [1.54, 1.807) is 37.3 Å². The van der Waals surface area contributed by atoms with Crippen molar-refractivity contribution in [1.82, 2.24) is 42.1 Å². The number of nitrogens with zero attached hydrogens (tertiary/aromatic N) is 3. The Morgan fingerprint density at radius 1 is 0.629 bits per heavy atom. The number of guanidine groups is 2. The van der Waals surface area contributed by atoms with Crippen LogP contribution in [0.4, 0.5) is 0 Å². The van der Waals surface area contributed by atoms with Crippen molar-refractivity contribution in [1.29, 1.82) is 0 Å². The molecule has 0 aromatic heterocycles. The van der Waals surface area contributed by atoms with Gasteiger partial charge in [0.2, 0.25) is 41.7 Å². The summed E-state index contributed by atoms with van der Waals surface area (Å²) in [5.74, 6) is -8.88. The molecule has 26 atom stereocenters. The second kappa shape index (κ2) is 31.8. The third-order valence-electron chi connectivity index (χ3n) is 17.8. The molecule has 37 heteroatoms. The fraction of sp³-hybridized carbons (Fsp3) is 0.667. The Morgan fingerprint density at radius 2 is 1.27 bits per heavy atom. The third-order valence-corrected chi connectivity index (χ3v) is 17.8. The maximum atomic E-state index is 15.2. The molecular formula is C60H88N12O25. The van der Waals surface area contributed by atoms with Crippen LogP contribution in [0.1, 0.15) is 51.2 Å². The highest BCUT2D eigenvalue weighted by molar-refractivity contribution is 5.98. The number of rotatable bonds is 17. The minimum atomic E-state index is -2.34. The predicted molar refractivity (Wildman–Crippen MR) is 329 cm³/mol. The first-order valence-corrected chi connectivity index (χ1v) is 31.6. The summed E-state index contributed by atoms with van der Waals surface area (Å²) in [5, 5.41) is 150. The number of fused-ring (bicyclic) bond motifs is 1. The van der Waals surface area contributed by atoms with Crippen LogP contribution in [0.15, 0.2) is 64.6 Å². The van der Waals surface area contributed by atoms with E-state index in [-0.39, 0.29) is 35.8 Å². The molecule has 0 bridgehead atoms. The summed E-state index contributed by atoms with van der Waals surface area (Å²) in [4.78, 5) is 96.4. The minimum Gasteiger partial charge on any atom is -0.462 e. The lowest BCUT2D eigenvalue weighted by molar-refractivity contribution is -0.382. The van der Waals surface area contributed by atoms with Gasteiger partial charge in [-0.05, 0) is 28.7 Å².